The Morgan fingerprint density at radius 1 is 1.32 bits per heavy atom. The summed E-state index contributed by atoms with van der Waals surface area (Å²) in [6, 6.07) is 4.79. The minimum absolute atomic E-state index is 0.116. The molecule has 7 nitrogen and oxygen atoms in total. The average molecular weight is 343 g/mol. The van der Waals surface area contributed by atoms with Crippen LogP contribution in [0.15, 0.2) is 30.5 Å². The number of hydrogen-bond acceptors (Lipinski definition) is 5. The van der Waals surface area contributed by atoms with E-state index in [1.807, 2.05) is 6.07 Å². The van der Waals surface area contributed by atoms with Gasteiger partial charge < -0.3 is 25.4 Å². The Labute approximate surface area is 145 Å². The van der Waals surface area contributed by atoms with Crippen molar-refractivity contribution in [3.8, 4) is 5.75 Å². The van der Waals surface area contributed by atoms with Crippen LogP contribution in [0.4, 0.5) is 0 Å². The van der Waals surface area contributed by atoms with Crippen molar-refractivity contribution in [3.05, 3.63) is 41.6 Å². The highest BCUT2D eigenvalue weighted by Crippen LogP contribution is 2.31. The van der Waals surface area contributed by atoms with E-state index in [9.17, 15) is 9.59 Å². The van der Waals surface area contributed by atoms with E-state index < -0.39 is 6.04 Å². The number of nitrogens with zero attached hydrogens (tertiary/aromatic N) is 1. The zero-order valence-corrected chi connectivity index (χ0v) is 13.9. The Morgan fingerprint density at radius 3 is 2.88 bits per heavy atom. The first-order chi connectivity index (χ1) is 12.0. The van der Waals surface area contributed by atoms with Crippen molar-refractivity contribution in [1.29, 1.82) is 0 Å². The van der Waals surface area contributed by atoms with Crippen LogP contribution in [-0.4, -0.2) is 48.1 Å². The Hall–Kier alpha value is -2.38. The van der Waals surface area contributed by atoms with Crippen LogP contribution in [0.25, 0.3) is 0 Å². The summed E-state index contributed by atoms with van der Waals surface area (Å²) in [7, 11) is 0. The first-order valence-corrected chi connectivity index (χ1v) is 8.45. The lowest BCUT2D eigenvalue weighted by atomic mass is 10.0. The second-order valence-corrected chi connectivity index (χ2v) is 6.76. The minimum Gasteiger partial charge on any atom is -0.486 e. The zero-order valence-electron chi connectivity index (χ0n) is 13.9. The molecule has 0 spiro atoms. The molecule has 0 aromatic heterocycles. The van der Waals surface area contributed by atoms with E-state index in [2.05, 4.69) is 11.9 Å². The van der Waals surface area contributed by atoms with Gasteiger partial charge in [-0.3, -0.25) is 9.59 Å². The van der Waals surface area contributed by atoms with Gasteiger partial charge in [0.2, 0.25) is 5.91 Å². The summed E-state index contributed by atoms with van der Waals surface area (Å²) in [6.07, 6.45) is 1.10. The van der Waals surface area contributed by atoms with Crippen molar-refractivity contribution in [2.24, 2.45) is 5.73 Å². The Kier molecular flexibility index (Phi) is 3.97. The molecule has 3 N–H and O–H groups in total. The van der Waals surface area contributed by atoms with Gasteiger partial charge >= 0.3 is 0 Å². The molecule has 1 aromatic rings. The summed E-state index contributed by atoms with van der Waals surface area (Å²) in [5.74, 6) is 0.388. The monoisotopic (exact) mass is 343 g/mol. The summed E-state index contributed by atoms with van der Waals surface area (Å²) in [4.78, 5) is 26.5. The first kappa shape index (κ1) is 16.1. The molecule has 25 heavy (non-hydrogen) atoms. The molecule has 3 atom stereocenters. The highest BCUT2D eigenvalue weighted by atomic mass is 16.5. The van der Waals surface area contributed by atoms with Gasteiger partial charge in [0.25, 0.3) is 5.91 Å². The highest BCUT2D eigenvalue weighted by Gasteiger charge is 2.38. The zero-order chi connectivity index (χ0) is 17.6. The number of nitrogens with one attached hydrogen (secondary N) is 1. The van der Waals surface area contributed by atoms with E-state index in [-0.39, 0.29) is 24.0 Å². The van der Waals surface area contributed by atoms with E-state index >= 15 is 0 Å². The third-order valence-electron chi connectivity index (χ3n) is 4.96. The van der Waals surface area contributed by atoms with Gasteiger partial charge in [0, 0.05) is 17.8 Å². The quantitative estimate of drug-likeness (QED) is 0.835. The fourth-order valence-corrected chi connectivity index (χ4v) is 3.55. The molecule has 3 aliphatic heterocycles. The van der Waals surface area contributed by atoms with Gasteiger partial charge in [0.1, 0.15) is 17.9 Å². The van der Waals surface area contributed by atoms with Gasteiger partial charge in [-0.25, -0.2) is 0 Å². The van der Waals surface area contributed by atoms with Gasteiger partial charge in [-0.1, -0.05) is 6.58 Å². The van der Waals surface area contributed by atoms with Crippen molar-refractivity contribution < 1.29 is 19.1 Å². The summed E-state index contributed by atoms with van der Waals surface area (Å²) >= 11 is 0. The van der Waals surface area contributed by atoms with Crippen LogP contribution >= 0.6 is 0 Å². The SMILES string of the molecule is C=C1CCC(N2Cc3cc(O[C@H]4COC[C@H]4N)ccc3C2=O)C(=O)N1. The number of carbonyl (C=O) groups is 2. The molecule has 2 amide bonds. The number of ether oxygens (including phenoxy) is 2. The first-order valence-electron chi connectivity index (χ1n) is 8.45. The maximum absolute atomic E-state index is 12.7. The van der Waals surface area contributed by atoms with Crippen molar-refractivity contribution in [3.63, 3.8) is 0 Å². The summed E-state index contributed by atoms with van der Waals surface area (Å²) in [5, 5.41) is 2.74. The molecule has 3 heterocycles. The second-order valence-electron chi connectivity index (χ2n) is 6.76. The molecule has 7 heteroatoms. The summed E-state index contributed by atoms with van der Waals surface area (Å²) in [5.41, 5.74) is 8.14. The Bertz CT molecular complexity index is 748. The van der Waals surface area contributed by atoms with Crippen LogP contribution in [0, 0.1) is 0 Å². The minimum atomic E-state index is -0.452. The number of amides is 2. The van der Waals surface area contributed by atoms with Crippen LogP contribution < -0.4 is 15.8 Å². The second kappa shape index (κ2) is 6.16. The Morgan fingerprint density at radius 2 is 2.16 bits per heavy atom. The number of carbonyl (C=O) groups excluding carboxylic acids is 2. The molecule has 0 radical (unpaired) electrons. The molecule has 132 valence electrons. The lowest BCUT2D eigenvalue weighted by Crippen LogP contribution is -2.49. The predicted octanol–water partition coefficient (Wildman–Crippen LogP) is 0.540. The molecular weight excluding hydrogens is 322 g/mol. The van der Waals surface area contributed by atoms with Crippen LogP contribution in [0.5, 0.6) is 5.75 Å². The molecule has 2 saturated heterocycles. The molecule has 0 saturated carbocycles. The van der Waals surface area contributed by atoms with Gasteiger partial charge in [-0.05, 0) is 36.6 Å². The van der Waals surface area contributed by atoms with Gasteiger partial charge in [0.15, 0.2) is 0 Å². The fourth-order valence-electron chi connectivity index (χ4n) is 3.55. The average Bonchev–Trinajstić information content (AvgIpc) is 3.12. The van der Waals surface area contributed by atoms with Crippen molar-refractivity contribution in [2.45, 2.75) is 37.6 Å². The van der Waals surface area contributed by atoms with E-state index in [1.165, 1.54) is 0 Å². The van der Waals surface area contributed by atoms with E-state index in [0.29, 0.717) is 49.6 Å². The number of fused-ring (bicyclic) bond motifs is 1. The smallest absolute Gasteiger partial charge is 0.255 e. The van der Waals surface area contributed by atoms with E-state index in [4.69, 9.17) is 15.2 Å². The Balaban J connectivity index is 1.51. The number of allylic oxidation sites excluding steroid dienone is 1. The number of benzene rings is 1. The standard InChI is InChI=1S/C18H21N3O4/c1-10-2-5-15(17(22)20-10)21-7-11-6-12(3-4-13(11)18(21)23)25-16-9-24-8-14(16)19/h3-4,6,14-16H,1-2,5,7-9,19H2,(H,20,22)/t14-,15?,16+/m1/s1. The van der Waals surface area contributed by atoms with Crippen molar-refractivity contribution in [2.75, 3.05) is 13.2 Å². The molecule has 4 rings (SSSR count). The van der Waals surface area contributed by atoms with E-state index in [1.54, 1.807) is 17.0 Å². The number of piperidine rings is 1. The molecule has 3 aliphatic rings. The van der Waals surface area contributed by atoms with E-state index in [0.717, 1.165) is 5.56 Å². The van der Waals surface area contributed by atoms with Gasteiger partial charge in [-0.15, -0.1) is 0 Å². The van der Waals surface area contributed by atoms with Crippen LogP contribution in [0.1, 0.15) is 28.8 Å². The van der Waals surface area contributed by atoms with Crippen molar-refractivity contribution >= 4 is 11.8 Å². The lowest BCUT2D eigenvalue weighted by Gasteiger charge is -2.30. The summed E-state index contributed by atoms with van der Waals surface area (Å²) < 4.78 is 11.2. The van der Waals surface area contributed by atoms with Crippen LogP contribution in [-0.2, 0) is 16.1 Å². The molecule has 1 unspecified atom stereocenters. The largest absolute Gasteiger partial charge is 0.486 e. The fraction of sp³-hybridized carbons (Fsp3) is 0.444. The number of hydrogen-bond donors (Lipinski definition) is 2. The van der Waals surface area contributed by atoms with Crippen LogP contribution in [0.2, 0.25) is 0 Å². The molecular formula is C18H21N3O4. The topological polar surface area (TPSA) is 93.9 Å². The highest BCUT2D eigenvalue weighted by molar-refractivity contribution is 6.01. The maximum Gasteiger partial charge on any atom is 0.255 e. The summed E-state index contributed by atoms with van der Waals surface area (Å²) in [6.45, 7) is 5.14. The number of rotatable bonds is 3. The van der Waals surface area contributed by atoms with Gasteiger partial charge in [-0.2, -0.15) is 0 Å². The molecule has 0 aliphatic carbocycles. The molecule has 0 bridgehead atoms. The third-order valence-corrected chi connectivity index (χ3v) is 4.96. The maximum atomic E-state index is 12.7. The van der Waals surface area contributed by atoms with Gasteiger partial charge in [0.05, 0.1) is 19.3 Å². The normalized spacial score (nSPS) is 28.9. The lowest BCUT2D eigenvalue weighted by molar-refractivity contribution is -0.126. The van der Waals surface area contributed by atoms with Crippen LogP contribution in [0.3, 0.4) is 0 Å². The molecule has 2 fully saturated rings. The molecule has 1 aromatic carbocycles. The predicted molar refractivity (Wildman–Crippen MR) is 89.8 cm³/mol. The number of nitrogens with two attached hydrogens (primary N) is 1. The van der Waals surface area contributed by atoms with Crippen molar-refractivity contribution in [1.82, 2.24) is 10.2 Å². The third kappa shape index (κ3) is 2.89.